The summed E-state index contributed by atoms with van der Waals surface area (Å²) in [4.78, 5) is 30.6. The number of hydrogen-bond acceptors (Lipinski definition) is 4. The molecule has 1 amide bonds. The first-order valence-corrected chi connectivity index (χ1v) is 10.3. The molecule has 1 saturated heterocycles. The lowest BCUT2D eigenvalue weighted by molar-refractivity contribution is -0.131. The SMILES string of the molecule is C=CC(=O)N1CC(n2cnc3c(Cl)c(-c4cc(O)cc5ccccc45)c(F)cc3c2=O)C1. The third kappa shape index (κ3) is 3.05. The van der Waals surface area contributed by atoms with Gasteiger partial charge in [0.05, 0.1) is 28.3 Å². The Morgan fingerprint density at radius 2 is 1.97 bits per heavy atom. The minimum atomic E-state index is -0.688. The van der Waals surface area contributed by atoms with Gasteiger partial charge in [-0.05, 0) is 40.6 Å². The maximum Gasteiger partial charge on any atom is 0.261 e. The van der Waals surface area contributed by atoms with Crippen LogP contribution in [-0.2, 0) is 4.79 Å². The highest BCUT2D eigenvalue weighted by Gasteiger charge is 2.32. The normalized spacial score (nSPS) is 14.0. The van der Waals surface area contributed by atoms with Gasteiger partial charge in [-0.25, -0.2) is 9.37 Å². The number of rotatable bonds is 3. The summed E-state index contributed by atoms with van der Waals surface area (Å²) >= 11 is 6.57. The Hall–Kier alpha value is -3.71. The molecule has 0 bridgehead atoms. The van der Waals surface area contributed by atoms with Crippen molar-refractivity contribution < 1.29 is 14.3 Å². The van der Waals surface area contributed by atoms with Gasteiger partial charge in [-0.3, -0.25) is 14.2 Å². The number of phenols is 1. The Balaban J connectivity index is 1.65. The number of nitrogens with zero attached hydrogens (tertiary/aromatic N) is 3. The predicted molar refractivity (Wildman–Crippen MR) is 121 cm³/mol. The van der Waals surface area contributed by atoms with Crippen LogP contribution in [0.5, 0.6) is 5.75 Å². The number of carbonyl (C=O) groups is 1. The zero-order valence-corrected chi connectivity index (χ0v) is 17.5. The first-order chi connectivity index (χ1) is 15.4. The van der Waals surface area contributed by atoms with Crippen LogP contribution >= 0.6 is 11.6 Å². The van der Waals surface area contributed by atoms with Gasteiger partial charge >= 0.3 is 0 Å². The maximum absolute atomic E-state index is 15.3. The molecule has 1 fully saturated rings. The molecule has 1 aliphatic heterocycles. The molecular formula is C24H17ClFN3O3. The number of carbonyl (C=O) groups excluding carboxylic acids is 1. The van der Waals surface area contributed by atoms with Crippen LogP contribution in [0.3, 0.4) is 0 Å². The molecule has 1 N–H and O–H groups in total. The number of hydrogen-bond donors (Lipinski definition) is 1. The highest BCUT2D eigenvalue weighted by atomic mass is 35.5. The van der Waals surface area contributed by atoms with Crippen molar-refractivity contribution in [3.05, 3.63) is 82.6 Å². The smallest absolute Gasteiger partial charge is 0.261 e. The molecule has 0 saturated carbocycles. The number of likely N-dealkylation sites (tertiary alicyclic amines) is 1. The zero-order valence-electron chi connectivity index (χ0n) is 16.8. The summed E-state index contributed by atoms with van der Waals surface area (Å²) in [5.74, 6) is -0.923. The molecule has 0 spiro atoms. The third-order valence-corrected chi connectivity index (χ3v) is 6.19. The number of halogens is 2. The average molecular weight is 450 g/mol. The minimum absolute atomic E-state index is 0.00271. The molecule has 5 rings (SSSR count). The van der Waals surface area contributed by atoms with Crippen molar-refractivity contribution in [2.24, 2.45) is 0 Å². The second kappa shape index (κ2) is 7.46. The molecule has 32 heavy (non-hydrogen) atoms. The molecule has 1 aromatic heterocycles. The van der Waals surface area contributed by atoms with Crippen molar-refractivity contribution in [3.63, 3.8) is 0 Å². The zero-order chi connectivity index (χ0) is 22.6. The van der Waals surface area contributed by atoms with Gasteiger partial charge in [-0.2, -0.15) is 0 Å². The number of fused-ring (bicyclic) bond motifs is 2. The fourth-order valence-corrected chi connectivity index (χ4v) is 4.50. The molecule has 8 heteroatoms. The number of benzene rings is 3. The van der Waals surface area contributed by atoms with E-state index in [-0.39, 0.29) is 39.2 Å². The van der Waals surface area contributed by atoms with Crippen LogP contribution in [0.25, 0.3) is 32.8 Å². The first-order valence-electron chi connectivity index (χ1n) is 9.91. The van der Waals surface area contributed by atoms with Crippen LogP contribution in [0, 0.1) is 5.82 Å². The second-order valence-electron chi connectivity index (χ2n) is 7.72. The Bertz CT molecular complexity index is 1490. The number of phenolic OH excluding ortho intramolecular Hbond substituents is 1. The molecule has 0 aliphatic carbocycles. The summed E-state index contributed by atoms with van der Waals surface area (Å²) in [6.45, 7) is 4.15. The van der Waals surface area contributed by atoms with Crippen LogP contribution in [0.2, 0.25) is 5.02 Å². The molecule has 6 nitrogen and oxygen atoms in total. The van der Waals surface area contributed by atoms with Crippen LogP contribution in [0.15, 0.2) is 66.2 Å². The molecule has 0 atom stereocenters. The summed E-state index contributed by atoms with van der Waals surface area (Å²) in [6.07, 6.45) is 2.60. The van der Waals surface area contributed by atoms with Crippen molar-refractivity contribution in [2.75, 3.05) is 13.1 Å². The van der Waals surface area contributed by atoms with Gasteiger partial charge in [0, 0.05) is 18.7 Å². The third-order valence-electron chi connectivity index (χ3n) is 5.83. The maximum atomic E-state index is 15.3. The molecule has 3 aromatic carbocycles. The van der Waals surface area contributed by atoms with Crippen molar-refractivity contribution in [1.82, 2.24) is 14.5 Å². The van der Waals surface area contributed by atoms with Gasteiger partial charge in [-0.1, -0.05) is 42.4 Å². The Morgan fingerprint density at radius 3 is 2.72 bits per heavy atom. The van der Waals surface area contributed by atoms with E-state index in [1.807, 2.05) is 18.2 Å². The highest BCUT2D eigenvalue weighted by molar-refractivity contribution is 6.38. The Labute approximate surface area is 186 Å². The first kappa shape index (κ1) is 20.2. The molecule has 1 aliphatic rings. The van der Waals surface area contributed by atoms with E-state index in [9.17, 15) is 14.7 Å². The van der Waals surface area contributed by atoms with Gasteiger partial charge < -0.3 is 10.0 Å². The van der Waals surface area contributed by atoms with Crippen molar-refractivity contribution in [3.8, 4) is 16.9 Å². The molecule has 4 aromatic rings. The molecule has 160 valence electrons. The van der Waals surface area contributed by atoms with E-state index in [4.69, 9.17) is 11.6 Å². The summed E-state index contributed by atoms with van der Waals surface area (Å²) < 4.78 is 16.7. The lowest BCUT2D eigenvalue weighted by Gasteiger charge is -2.39. The summed E-state index contributed by atoms with van der Waals surface area (Å²) in [5.41, 5.74) is 0.227. The van der Waals surface area contributed by atoms with Gasteiger partial charge in [-0.15, -0.1) is 0 Å². The molecule has 0 unspecified atom stereocenters. The molecule has 0 radical (unpaired) electrons. The lowest BCUT2D eigenvalue weighted by atomic mass is 9.96. The second-order valence-corrected chi connectivity index (χ2v) is 8.09. The summed E-state index contributed by atoms with van der Waals surface area (Å²) in [6, 6.07) is 11.2. The summed E-state index contributed by atoms with van der Waals surface area (Å²) in [5, 5.41) is 11.6. The van der Waals surface area contributed by atoms with Gasteiger partial charge in [0.25, 0.3) is 5.56 Å². The summed E-state index contributed by atoms with van der Waals surface area (Å²) in [7, 11) is 0. The number of aromatic hydroxyl groups is 1. The van der Waals surface area contributed by atoms with Crippen LogP contribution in [-0.4, -0.2) is 38.6 Å². The minimum Gasteiger partial charge on any atom is -0.508 e. The van der Waals surface area contributed by atoms with E-state index in [0.29, 0.717) is 24.0 Å². The van der Waals surface area contributed by atoms with E-state index in [1.165, 1.54) is 23.0 Å². The van der Waals surface area contributed by atoms with E-state index in [1.54, 1.807) is 17.0 Å². The fraction of sp³-hybridized carbons (Fsp3) is 0.125. The van der Waals surface area contributed by atoms with E-state index in [0.717, 1.165) is 11.5 Å². The van der Waals surface area contributed by atoms with Crippen LogP contribution in [0.4, 0.5) is 4.39 Å². The van der Waals surface area contributed by atoms with Crippen LogP contribution < -0.4 is 5.56 Å². The Morgan fingerprint density at radius 1 is 1.22 bits per heavy atom. The quantitative estimate of drug-likeness (QED) is 0.473. The monoisotopic (exact) mass is 449 g/mol. The van der Waals surface area contributed by atoms with E-state index >= 15 is 4.39 Å². The Kier molecular flexibility index (Phi) is 4.71. The highest BCUT2D eigenvalue weighted by Crippen LogP contribution is 2.40. The van der Waals surface area contributed by atoms with Gasteiger partial charge in [0.2, 0.25) is 5.91 Å². The lowest BCUT2D eigenvalue weighted by Crippen LogP contribution is -2.52. The van der Waals surface area contributed by atoms with Crippen molar-refractivity contribution in [1.29, 1.82) is 0 Å². The van der Waals surface area contributed by atoms with Crippen LogP contribution in [0.1, 0.15) is 6.04 Å². The van der Waals surface area contributed by atoms with Crippen molar-refractivity contribution in [2.45, 2.75) is 6.04 Å². The fourth-order valence-electron chi connectivity index (χ4n) is 4.16. The van der Waals surface area contributed by atoms with E-state index < -0.39 is 11.4 Å². The van der Waals surface area contributed by atoms with E-state index in [2.05, 4.69) is 11.6 Å². The molecular weight excluding hydrogens is 433 g/mol. The number of aromatic nitrogens is 2. The predicted octanol–water partition coefficient (Wildman–Crippen LogP) is 4.28. The van der Waals surface area contributed by atoms with Gasteiger partial charge in [0.15, 0.2) is 0 Å². The largest absolute Gasteiger partial charge is 0.508 e. The topological polar surface area (TPSA) is 75.4 Å². The average Bonchev–Trinajstić information content (AvgIpc) is 2.74. The standard InChI is InChI=1S/C24H17ClFN3O3/c1-2-20(31)28-10-14(11-28)29-12-27-23-18(24(29)32)9-19(26)21(22(23)25)17-8-15(30)7-13-5-3-4-6-16(13)17/h2-9,12,14,30H,1,10-11H2. The molecule has 2 heterocycles. The number of amides is 1. The van der Waals surface area contributed by atoms with Gasteiger partial charge in [0.1, 0.15) is 11.6 Å². The van der Waals surface area contributed by atoms with Crippen molar-refractivity contribution >= 4 is 39.2 Å².